The Labute approximate surface area is 124 Å². The van der Waals surface area contributed by atoms with Crippen molar-refractivity contribution in [3.05, 3.63) is 24.3 Å². The van der Waals surface area contributed by atoms with Gasteiger partial charge in [0.1, 0.15) is 0 Å². The van der Waals surface area contributed by atoms with Gasteiger partial charge in [-0.3, -0.25) is 0 Å². The summed E-state index contributed by atoms with van der Waals surface area (Å²) >= 11 is 0. The minimum absolute atomic E-state index is 0.0939. The number of ether oxygens (including phenoxy) is 2. The predicted octanol–water partition coefficient (Wildman–Crippen LogP) is 4.65. The van der Waals surface area contributed by atoms with E-state index < -0.39 is 0 Å². The minimum atomic E-state index is -0.144. The molecule has 0 bridgehead atoms. The lowest BCUT2D eigenvalue weighted by molar-refractivity contribution is -0.0780. The molecule has 1 heterocycles. The van der Waals surface area contributed by atoms with Gasteiger partial charge in [-0.05, 0) is 39.5 Å². The first-order chi connectivity index (χ1) is 9.50. The van der Waals surface area contributed by atoms with E-state index in [2.05, 4.69) is 39.5 Å². The zero-order valence-corrected chi connectivity index (χ0v) is 13.4. The summed E-state index contributed by atoms with van der Waals surface area (Å²) in [5.41, 5.74) is 1.30. The lowest BCUT2D eigenvalue weighted by Gasteiger charge is -2.41. The maximum absolute atomic E-state index is 6.17. The molecule has 0 N–H and O–H groups in total. The largest absolute Gasteiger partial charge is 0.371 e. The van der Waals surface area contributed by atoms with Crippen molar-refractivity contribution in [3.8, 4) is 0 Å². The van der Waals surface area contributed by atoms with E-state index in [1.165, 1.54) is 18.4 Å². The molecule has 2 aliphatic rings. The normalized spacial score (nSPS) is 30.4. The number of rotatable bonds is 7. The molecule has 2 fully saturated rings. The highest BCUT2D eigenvalue weighted by Gasteiger charge is 2.58. The highest BCUT2D eigenvalue weighted by atomic mass is 16.6. The van der Waals surface area contributed by atoms with Crippen LogP contribution in [0.15, 0.2) is 24.3 Å². The lowest BCUT2D eigenvalue weighted by atomic mass is 9.70. The van der Waals surface area contributed by atoms with Crippen LogP contribution in [-0.2, 0) is 9.47 Å². The van der Waals surface area contributed by atoms with Gasteiger partial charge in [0.25, 0.3) is 0 Å². The second-order valence-electron chi connectivity index (χ2n) is 6.89. The Bertz CT molecular complexity index is 364. The summed E-state index contributed by atoms with van der Waals surface area (Å²) in [7, 11) is 0. The Balaban J connectivity index is 1.85. The van der Waals surface area contributed by atoms with Gasteiger partial charge in [0.2, 0.25) is 0 Å². The summed E-state index contributed by atoms with van der Waals surface area (Å²) in [6, 6.07) is 0. The summed E-state index contributed by atoms with van der Waals surface area (Å²) in [5, 5.41) is 0. The van der Waals surface area contributed by atoms with Crippen molar-refractivity contribution >= 4 is 0 Å². The summed E-state index contributed by atoms with van der Waals surface area (Å²) in [6.07, 6.45) is 11.4. The van der Waals surface area contributed by atoms with Crippen molar-refractivity contribution in [2.75, 3.05) is 13.2 Å². The van der Waals surface area contributed by atoms with E-state index in [9.17, 15) is 0 Å². The quantitative estimate of drug-likeness (QED) is 0.384. The molecule has 2 atom stereocenters. The molecule has 1 spiro atoms. The molecule has 0 aromatic heterocycles. The molecule has 0 amide bonds. The van der Waals surface area contributed by atoms with Gasteiger partial charge in [-0.15, -0.1) is 0 Å². The zero-order valence-electron chi connectivity index (χ0n) is 13.4. The fraction of sp³-hybridized carbons (Fsp3) is 0.778. The van der Waals surface area contributed by atoms with Crippen molar-refractivity contribution in [1.29, 1.82) is 0 Å². The topological polar surface area (TPSA) is 21.8 Å². The van der Waals surface area contributed by atoms with E-state index in [4.69, 9.17) is 9.47 Å². The molecule has 1 aliphatic carbocycles. The number of unbranched alkanes of at least 4 members (excludes halogenated alkanes) is 2. The van der Waals surface area contributed by atoms with Crippen LogP contribution in [0.5, 0.6) is 0 Å². The highest BCUT2D eigenvalue weighted by Crippen LogP contribution is 2.52. The Morgan fingerprint density at radius 2 is 2.20 bits per heavy atom. The van der Waals surface area contributed by atoms with Crippen molar-refractivity contribution < 1.29 is 9.47 Å². The van der Waals surface area contributed by atoms with E-state index in [1.807, 2.05) is 0 Å². The van der Waals surface area contributed by atoms with Gasteiger partial charge in [-0.2, -0.15) is 0 Å². The fourth-order valence-electron chi connectivity index (χ4n) is 3.33. The standard InChI is InChI=1S/C18H30O2/c1-5-6-7-8-9-12-19-17(3,4)16-13-15(2)10-11-18(16)14-20-18/h8-9,16H,2,5-7,10-14H2,1,3-4H3/b9-8+. The highest BCUT2D eigenvalue weighted by molar-refractivity contribution is 5.16. The summed E-state index contributed by atoms with van der Waals surface area (Å²) in [4.78, 5) is 0. The molecule has 0 aromatic carbocycles. The number of allylic oxidation sites excluding steroid dienone is 2. The van der Waals surface area contributed by atoms with Crippen molar-refractivity contribution in [2.45, 2.75) is 70.5 Å². The van der Waals surface area contributed by atoms with Gasteiger partial charge >= 0.3 is 0 Å². The molecule has 2 heteroatoms. The molecule has 2 nitrogen and oxygen atoms in total. The molecule has 2 rings (SSSR count). The van der Waals surface area contributed by atoms with E-state index in [-0.39, 0.29) is 11.2 Å². The number of epoxide rings is 1. The molecule has 0 radical (unpaired) electrons. The van der Waals surface area contributed by atoms with Gasteiger partial charge in [0.15, 0.2) is 0 Å². The van der Waals surface area contributed by atoms with Crippen LogP contribution in [0.1, 0.15) is 59.3 Å². The van der Waals surface area contributed by atoms with Crippen molar-refractivity contribution in [2.24, 2.45) is 5.92 Å². The Morgan fingerprint density at radius 3 is 2.85 bits per heavy atom. The van der Waals surface area contributed by atoms with Crippen LogP contribution in [0.3, 0.4) is 0 Å². The predicted molar refractivity (Wildman–Crippen MR) is 83.9 cm³/mol. The monoisotopic (exact) mass is 278 g/mol. The molecule has 1 aliphatic heterocycles. The first-order valence-electron chi connectivity index (χ1n) is 8.10. The van der Waals surface area contributed by atoms with Crippen LogP contribution < -0.4 is 0 Å². The van der Waals surface area contributed by atoms with Gasteiger partial charge in [0, 0.05) is 5.92 Å². The molecule has 1 saturated heterocycles. The first-order valence-corrected chi connectivity index (χ1v) is 8.10. The third-order valence-electron chi connectivity index (χ3n) is 4.83. The smallest absolute Gasteiger partial charge is 0.0977 e. The SMILES string of the molecule is C=C1CCC2(CO2)C(C(C)(C)OC/C=C/CCCC)C1. The average molecular weight is 278 g/mol. The van der Waals surface area contributed by atoms with E-state index in [0.29, 0.717) is 12.5 Å². The second kappa shape index (κ2) is 6.44. The Hall–Kier alpha value is -0.600. The van der Waals surface area contributed by atoms with Crippen molar-refractivity contribution in [3.63, 3.8) is 0 Å². The molecule has 20 heavy (non-hydrogen) atoms. The molecule has 114 valence electrons. The van der Waals surface area contributed by atoms with Crippen LogP contribution in [0.4, 0.5) is 0 Å². The zero-order chi connectivity index (χ0) is 14.6. The number of hydrogen-bond donors (Lipinski definition) is 0. The van der Waals surface area contributed by atoms with E-state index in [1.54, 1.807) is 0 Å². The van der Waals surface area contributed by atoms with E-state index >= 15 is 0 Å². The van der Waals surface area contributed by atoms with Gasteiger partial charge in [-0.1, -0.05) is 44.1 Å². The third-order valence-corrected chi connectivity index (χ3v) is 4.83. The van der Waals surface area contributed by atoms with E-state index in [0.717, 1.165) is 32.3 Å². The second-order valence-corrected chi connectivity index (χ2v) is 6.89. The average Bonchev–Trinajstić information content (AvgIpc) is 3.17. The van der Waals surface area contributed by atoms with Crippen molar-refractivity contribution in [1.82, 2.24) is 0 Å². The van der Waals surface area contributed by atoms with Crippen LogP contribution in [0.25, 0.3) is 0 Å². The van der Waals surface area contributed by atoms with Gasteiger partial charge < -0.3 is 9.47 Å². The Morgan fingerprint density at radius 1 is 1.45 bits per heavy atom. The summed E-state index contributed by atoms with van der Waals surface area (Å²) in [6.45, 7) is 12.4. The van der Waals surface area contributed by atoms with Crippen LogP contribution >= 0.6 is 0 Å². The Kier molecular flexibility index (Phi) is 5.09. The van der Waals surface area contributed by atoms with Crippen LogP contribution in [0, 0.1) is 5.92 Å². The lowest BCUT2D eigenvalue weighted by Crippen LogP contribution is -2.46. The minimum Gasteiger partial charge on any atom is -0.371 e. The van der Waals surface area contributed by atoms with Crippen LogP contribution in [-0.4, -0.2) is 24.4 Å². The third kappa shape index (κ3) is 3.73. The van der Waals surface area contributed by atoms with Gasteiger partial charge in [0.05, 0.1) is 24.4 Å². The molecule has 2 unspecified atom stereocenters. The molecular formula is C18H30O2. The maximum atomic E-state index is 6.17. The van der Waals surface area contributed by atoms with Gasteiger partial charge in [-0.25, -0.2) is 0 Å². The van der Waals surface area contributed by atoms with Crippen LogP contribution in [0.2, 0.25) is 0 Å². The first kappa shape index (κ1) is 15.8. The fourth-order valence-corrected chi connectivity index (χ4v) is 3.33. The number of hydrogen-bond acceptors (Lipinski definition) is 2. The summed E-state index contributed by atoms with van der Waals surface area (Å²) in [5.74, 6) is 0.445. The molecular weight excluding hydrogens is 248 g/mol. The molecule has 1 saturated carbocycles. The molecule has 0 aromatic rings. The maximum Gasteiger partial charge on any atom is 0.0977 e. The summed E-state index contributed by atoms with van der Waals surface area (Å²) < 4.78 is 12.0.